The van der Waals surface area contributed by atoms with Crippen molar-refractivity contribution in [2.75, 3.05) is 16.0 Å². The third-order valence-electron chi connectivity index (χ3n) is 5.93. The van der Waals surface area contributed by atoms with Crippen LogP contribution in [0.15, 0.2) is 114 Å². The maximum Gasteiger partial charge on any atom is 0.255 e. The van der Waals surface area contributed by atoms with E-state index in [0.29, 0.717) is 22.8 Å². The van der Waals surface area contributed by atoms with Crippen molar-refractivity contribution < 1.29 is 9.21 Å². The molecule has 0 radical (unpaired) electrons. The molecule has 0 bridgehead atoms. The van der Waals surface area contributed by atoms with Gasteiger partial charge in [-0.15, -0.1) is 0 Å². The fourth-order valence-electron chi connectivity index (χ4n) is 4.33. The molecule has 0 aliphatic carbocycles. The number of para-hydroxylation sites is 2. The summed E-state index contributed by atoms with van der Waals surface area (Å²) < 4.78 is 6.30. The highest BCUT2D eigenvalue weighted by atomic mass is 16.3. The number of hydrogen-bond donors (Lipinski definition) is 2. The van der Waals surface area contributed by atoms with Crippen LogP contribution >= 0.6 is 0 Å². The molecule has 4 aromatic carbocycles. The quantitative estimate of drug-likeness (QED) is 0.272. The molecule has 2 heterocycles. The molecule has 0 aliphatic heterocycles. The molecule has 174 valence electrons. The van der Waals surface area contributed by atoms with Crippen LogP contribution in [0.4, 0.5) is 28.6 Å². The Morgan fingerprint density at radius 2 is 1.69 bits per heavy atom. The van der Waals surface area contributed by atoms with Crippen molar-refractivity contribution in [3.63, 3.8) is 0 Å². The van der Waals surface area contributed by atoms with Gasteiger partial charge in [-0.1, -0.05) is 42.5 Å². The average molecular weight is 472 g/mol. The zero-order valence-corrected chi connectivity index (χ0v) is 19.1. The Labute approximate surface area is 206 Å². The smallest absolute Gasteiger partial charge is 0.255 e. The number of hydrogen-bond acceptors (Lipinski definition) is 6. The van der Waals surface area contributed by atoms with Gasteiger partial charge in [0.2, 0.25) is 0 Å². The fraction of sp³-hybridized carbons (Fsp3) is 0. The SMILES string of the molecule is Nc1cccc(C(=O)Nc2cccc(N(c3ccncn3)c3cccc4c3oc3ccccc34)c2)c1. The number of fused-ring (bicyclic) bond motifs is 3. The van der Waals surface area contributed by atoms with Crippen LogP contribution < -0.4 is 16.0 Å². The summed E-state index contributed by atoms with van der Waals surface area (Å²) >= 11 is 0. The molecule has 0 fully saturated rings. The number of carbonyl (C=O) groups excluding carboxylic acids is 1. The molecule has 7 nitrogen and oxygen atoms in total. The van der Waals surface area contributed by atoms with Crippen molar-refractivity contribution in [2.24, 2.45) is 0 Å². The number of nitrogens with zero attached hydrogens (tertiary/aromatic N) is 3. The number of nitrogens with two attached hydrogens (primary N) is 1. The van der Waals surface area contributed by atoms with Gasteiger partial charge >= 0.3 is 0 Å². The van der Waals surface area contributed by atoms with Crippen LogP contribution in [0.1, 0.15) is 10.4 Å². The highest BCUT2D eigenvalue weighted by molar-refractivity contribution is 6.10. The zero-order valence-electron chi connectivity index (χ0n) is 19.1. The Kier molecular flexibility index (Phi) is 5.27. The first kappa shape index (κ1) is 21.4. The number of benzene rings is 4. The summed E-state index contributed by atoms with van der Waals surface area (Å²) in [5, 5.41) is 5.01. The Bertz CT molecular complexity index is 1710. The van der Waals surface area contributed by atoms with Crippen LogP contribution in [0, 0.1) is 0 Å². The Balaban J connectivity index is 1.46. The lowest BCUT2D eigenvalue weighted by molar-refractivity contribution is 0.102. The molecule has 0 unspecified atom stereocenters. The third-order valence-corrected chi connectivity index (χ3v) is 5.93. The first-order valence-electron chi connectivity index (χ1n) is 11.4. The predicted molar refractivity (Wildman–Crippen MR) is 143 cm³/mol. The first-order valence-corrected chi connectivity index (χ1v) is 11.4. The molecule has 6 aromatic rings. The minimum Gasteiger partial charge on any atom is -0.454 e. The number of nitrogens with one attached hydrogen (secondary N) is 1. The van der Waals surface area contributed by atoms with Crippen molar-refractivity contribution in [3.05, 3.63) is 115 Å². The molecular weight excluding hydrogens is 450 g/mol. The van der Waals surface area contributed by atoms with E-state index in [2.05, 4.69) is 15.3 Å². The summed E-state index contributed by atoms with van der Waals surface area (Å²) in [6.45, 7) is 0. The Morgan fingerprint density at radius 3 is 2.56 bits per heavy atom. The highest BCUT2D eigenvalue weighted by Gasteiger charge is 2.20. The minimum atomic E-state index is -0.243. The van der Waals surface area contributed by atoms with Crippen LogP contribution in [0.2, 0.25) is 0 Å². The summed E-state index contributed by atoms with van der Waals surface area (Å²) in [7, 11) is 0. The van der Waals surface area contributed by atoms with Crippen molar-refractivity contribution in [3.8, 4) is 0 Å². The second-order valence-electron chi connectivity index (χ2n) is 8.28. The van der Waals surface area contributed by atoms with Crippen molar-refractivity contribution >= 4 is 56.4 Å². The third kappa shape index (κ3) is 3.88. The van der Waals surface area contributed by atoms with Gasteiger partial charge in [0.05, 0.1) is 5.69 Å². The van der Waals surface area contributed by atoms with Gasteiger partial charge in [-0.05, 0) is 54.6 Å². The van der Waals surface area contributed by atoms with E-state index in [1.807, 2.05) is 77.7 Å². The van der Waals surface area contributed by atoms with E-state index < -0.39 is 0 Å². The van der Waals surface area contributed by atoms with E-state index in [1.54, 1.807) is 30.5 Å². The first-order chi connectivity index (χ1) is 17.7. The summed E-state index contributed by atoms with van der Waals surface area (Å²) in [6, 6.07) is 30.3. The van der Waals surface area contributed by atoms with Gasteiger partial charge in [0.15, 0.2) is 5.58 Å². The molecule has 2 aromatic heterocycles. The topological polar surface area (TPSA) is 97.3 Å². The molecule has 0 aliphatic rings. The Hall–Kier alpha value is -5.17. The van der Waals surface area contributed by atoms with Crippen LogP contribution in [0.25, 0.3) is 21.9 Å². The van der Waals surface area contributed by atoms with Gasteiger partial charge in [0.1, 0.15) is 17.7 Å². The average Bonchev–Trinajstić information content (AvgIpc) is 3.29. The molecule has 7 heteroatoms. The van der Waals surface area contributed by atoms with E-state index in [0.717, 1.165) is 33.3 Å². The van der Waals surface area contributed by atoms with Crippen molar-refractivity contribution in [1.82, 2.24) is 9.97 Å². The standard InChI is InChI=1S/C29H21N5O2/c30-20-7-3-6-19(16-20)29(35)33-21-8-4-9-22(17-21)34(27-14-15-31-18-32-27)25-12-5-11-24-23-10-1-2-13-26(23)36-28(24)25/h1-18H,30H2,(H,33,35). The summed E-state index contributed by atoms with van der Waals surface area (Å²) in [5.41, 5.74) is 10.7. The molecular formula is C29H21N5O2. The van der Waals surface area contributed by atoms with Gasteiger partial charge in [-0.3, -0.25) is 9.69 Å². The number of aromatic nitrogens is 2. The van der Waals surface area contributed by atoms with Gasteiger partial charge in [0, 0.05) is 39.6 Å². The lowest BCUT2D eigenvalue weighted by Crippen LogP contribution is -2.14. The minimum absolute atomic E-state index is 0.243. The molecule has 3 N–H and O–H groups in total. The largest absolute Gasteiger partial charge is 0.454 e. The van der Waals surface area contributed by atoms with Gasteiger partial charge < -0.3 is 15.5 Å². The molecule has 0 saturated carbocycles. The summed E-state index contributed by atoms with van der Waals surface area (Å²) in [4.78, 5) is 23.4. The van der Waals surface area contributed by atoms with E-state index in [4.69, 9.17) is 10.2 Å². The van der Waals surface area contributed by atoms with E-state index in [1.165, 1.54) is 6.33 Å². The van der Waals surface area contributed by atoms with E-state index in [9.17, 15) is 4.79 Å². The van der Waals surface area contributed by atoms with Gasteiger partial charge in [-0.2, -0.15) is 0 Å². The molecule has 6 rings (SSSR count). The maximum absolute atomic E-state index is 12.8. The predicted octanol–water partition coefficient (Wildman–Crippen LogP) is 6.68. The lowest BCUT2D eigenvalue weighted by Gasteiger charge is -2.24. The van der Waals surface area contributed by atoms with Crippen LogP contribution in [0.5, 0.6) is 0 Å². The molecule has 1 amide bonds. The number of anilines is 5. The second-order valence-corrected chi connectivity index (χ2v) is 8.28. The molecule has 0 atom stereocenters. The number of nitrogen functional groups attached to an aromatic ring is 1. The summed E-state index contributed by atoms with van der Waals surface area (Å²) in [5.74, 6) is 0.421. The number of furan rings is 1. The van der Waals surface area contributed by atoms with Gasteiger partial charge in [-0.25, -0.2) is 9.97 Å². The zero-order chi connectivity index (χ0) is 24.5. The Morgan fingerprint density at radius 1 is 0.861 bits per heavy atom. The van der Waals surface area contributed by atoms with Crippen molar-refractivity contribution in [1.29, 1.82) is 0 Å². The van der Waals surface area contributed by atoms with Crippen LogP contribution in [-0.2, 0) is 0 Å². The lowest BCUT2D eigenvalue weighted by atomic mass is 10.1. The van der Waals surface area contributed by atoms with Gasteiger partial charge in [0.25, 0.3) is 5.91 Å². The number of rotatable bonds is 5. The number of carbonyl (C=O) groups is 1. The van der Waals surface area contributed by atoms with Crippen LogP contribution in [-0.4, -0.2) is 15.9 Å². The number of amides is 1. The molecule has 0 saturated heterocycles. The van der Waals surface area contributed by atoms with Crippen molar-refractivity contribution in [2.45, 2.75) is 0 Å². The summed E-state index contributed by atoms with van der Waals surface area (Å²) in [6.07, 6.45) is 3.20. The molecule has 36 heavy (non-hydrogen) atoms. The monoisotopic (exact) mass is 471 g/mol. The van der Waals surface area contributed by atoms with Crippen LogP contribution in [0.3, 0.4) is 0 Å². The van der Waals surface area contributed by atoms with E-state index in [-0.39, 0.29) is 5.91 Å². The highest BCUT2D eigenvalue weighted by Crippen LogP contribution is 2.41. The second kappa shape index (κ2) is 8.88. The molecule has 0 spiro atoms. The van der Waals surface area contributed by atoms with E-state index >= 15 is 0 Å². The maximum atomic E-state index is 12.8. The fourth-order valence-corrected chi connectivity index (χ4v) is 4.33. The normalized spacial score (nSPS) is 11.0.